The molecular formula is C15H16N2O3S2. The Bertz CT molecular complexity index is 746. The molecule has 0 bridgehead atoms. The second-order valence-electron chi connectivity index (χ2n) is 4.70. The van der Waals surface area contributed by atoms with Crippen LogP contribution < -0.4 is 5.32 Å². The second-order valence-corrected chi connectivity index (χ2v) is 7.70. The van der Waals surface area contributed by atoms with Crippen LogP contribution in [0.1, 0.15) is 5.56 Å². The summed E-state index contributed by atoms with van der Waals surface area (Å²) >= 11 is 1.49. The van der Waals surface area contributed by atoms with E-state index in [-0.39, 0.29) is 10.8 Å². The first kappa shape index (κ1) is 16.5. The Hall–Kier alpha value is -1.86. The monoisotopic (exact) mass is 336 g/mol. The number of rotatable bonds is 6. The van der Waals surface area contributed by atoms with Crippen LogP contribution in [0.3, 0.4) is 0 Å². The lowest BCUT2D eigenvalue weighted by molar-refractivity contribution is -0.113. The highest BCUT2D eigenvalue weighted by Crippen LogP contribution is 2.16. The van der Waals surface area contributed by atoms with Crippen LogP contribution in [-0.4, -0.2) is 31.3 Å². The summed E-state index contributed by atoms with van der Waals surface area (Å²) in [6.07, 6.45) is 4.57. The molecule has 1 N–H and O–H groups in total. The first-order chi connectivity index (χ1) is 10.4. The summed E-state index contributed by atoms with van der Waals surface area (Å²) in [5, 5.41) is 2.70. The number of pyridine rings is 1. The third-order valence-electron chi connectivity index (χ3n) is 2.80. The molecule has 0 spiro atoms. The van der Waals surface area contributed by atoms with Gasteiger partial charge in [-0.25, -0.2) is 8.42 Å². The summed E-state index contributed by atoms with van der Waals surface area (Å²) < 4.78 is 23.0. The Morgan fingerprint density at radius 2 is 1.95 bits per heavy atom. The minimum absolute atomic E-state index is 0.162. The largest absolute Gasteiger partial charge is 0.325 e. The number of carbonyl (C=O) groups is 1. The van der Waals surface area contributed by atoms with Crippen LogP contribution in [-0.2, 0) is 20.4 Å². The zero-order valence-electron chi connectivity index (χ0n) is 12.0. The Morgan fingerprint density at radius 3 is 2.64 bits per heavy atom. The molecule has 0 atom stereocenters. The van der Waals surface area contributed by atoms with E-state index in [1.54, 1.807) is 24.5 Å². The van der Waals surface area contributed by atoms with Gasteiger partial charge in [0.2, 0.25) is 5.91 Å². The highest BCUT2D eigenvalue weighted by atomic mass is 32.2. The maximum Gasteiger partial charge on any atom is 0.234 e. The lowest BCUT2D eigenvalue weighted by atomic mass is 10.3. The normalized spacial score (nSPS) is 11.1. The fourth-order valence-corrected chi connectivity index (χ4v) is 3.20. The van der Waals surface area contributed by atoms with Crippen LogP contribution >= 0.6 is 11.8 Å². The van der Waals surface area contributed by atoms with E-state index in [2.05, 4.69) is 10.3 Å². The van der Waals surface area contributed by atoms with E-state index < -0.39 is 9.84 Å². The molecule has 0 fully saturated rings. The maximum atomic E-state index is 11.9. The maximum absolute atomic E-state index is 11.9. The summed E-state index contributed by atoms with van der Waals surface area (Å²) in [7, 11) is -3.28. The molecule has 0 saturated heterocycles. The van der Waals surface area contributed by atoms with E-state index >= 15 is 0 Å². The Balaban J connectivity index is 1.87. The van der Waals surface area contributed by atoms with Crippen LogP contribution in [0.4, 0.5) is 5.69 Å². The molecule has 0 aliphatic carbocycles. The molecule has 2 aromatic rings. The molecule has 116 valence electrons. The van der Waals surface area contributed by atoms with Gasteiger partial charge in [-0.05, 0) is 35.9 Å². The minimum Gasteiger partial charge on any atom is -0.325 e. The number of nitrogens with zero attached hydrogens (tertiary/aromatic N) is 1. The van der Waals surface area contributed by atoms with Crippen molar-refractivity contribution in [1.82, 2.24) is 4.98 Å². The molecule has 5 nitrogen and oxygen atoms in total. The standard InChI is InChI=1S/C15H16N2O3S2/c1-22(19,20)14-4-2-3-13(9-14)17-15(18)11-21-10-12-5-7-16-8-6-12/h2-9H,10-11H2,1H3,(H,17,18). The van der Waals surface area contributed by atoms with Gasteiger partial charge in [0.25, 0.3) is 0 Å². The first-order valence-electron chi connectivity index (χ1n) is 6.52. The van der Waals surface area contributed by atoms with E-state index in [0.717, 1.165) is 17.6 Å². The lowest BCUT2D eigenvalue weighted by Gasteiger charge is -2.07. The van der Waals surface area contributed by atoms with Gasteiger partial charge in [0.05, 0.1) is 10.6 Å². The van der Waals surface area contributed by atoms with E-state index in [9.17, 15) is 13.2 Å². The molecule has 0 radical (unpaired) electrons. The second kappa shape index (κ2) is 7.42. The summed E-state index contributed by atoms with van der Waals surface area (Å²) in [5.74, 6) is 0.856. The number of sulfone groups is 1. The number of carbonyl (C=O) groups excluding carboxylic acids is 1. The van der Waals surface area contributed by atoms with E-state index in [1.165, 1.54) is 23.9 Å². The van der Waals surface area contributed by atoms with E-state index in [1.807, 2.05) is 12.1 Å². The first-order valence-corrected chi connectivity index (χ1v) is 9.56. The summed E-state index contributed by atoms with van der Waals surface area (Å²) in [5.41, 5.74) is 1.59. The van der Waals surface area contributed by atoms with Crippen LogP contribution in [0.25, 0.3) is 0 Å². The van der Waals surface area contributed by atoms with Gasteiger partial charge >= 0.3 is 0 Å². The van der Waals surface area contributed by atoms with Crippen molar-refractivity contribution in [3.05, 3.63) is 54.4 Å². The zero-order chi connectivity index (χ0) is 16.0. The Morgan fingerprint density at radius 1 is 1.23 bits per heavy atom. The summed E-state index contributed by atoms with van der Waals surface area (Å²) in [6.45, 7) is 0. The molecule has 1 amide bonds. The number of hydrogen-bond acceptors (Lipinski definition) is 5. The highest BCUT2D eigenvalue weighted by molar-refractivity contribution is 7.99. The average molecular weight is 336 g/mol. The minimum atomic E-state index is -3.28. The number of amides is 1. The number of benzene rings is 1. The topological polar surface area (TPSA) is 76.1 Å². The van der Waals surface area contributed by atoms with Crippen molar-refractivity contribution in [2.24, 2.45) is 0 Å². The van der Waals surface area contributed by atoms with Crippen LogP contribution in [0, 0.1) is 0 Å². The predicted octanol–water partition coefficient (Wildman–Crippen LogP) is 2.36. The van der Waals surface area contributed by atoms with Crippen molar-refractivity contribution >= 4 is 33.2 Å². The lowest BCUT2D eigenvalue weighted by Crippen LogP contribution is -2.14. The Labute approximate surface area is 134 Å². The van der Waals surface area contributed by atoms with Gasteiger partial charge in [-0.15, -0.1) is 11.8 Å². The zero-order valence-corrected chi connectivity index (χ0v) is 13.7. The number of anilines is 1. The molecule has 1 heterocycles. The predicted molar refractivity (Wildman–Crippen MR) is 88.6 cm³/mol. The number of thioether (sulfide) groups is 1. The van der Waals surface area contributed by atoms with Crippen molar-refractivity contribution in [1.29, 1.82) is 0 Å². The van der Waals surface area contributed by atoms with Gasteiger partial charge in [-0.1, -0.05) is 6.07 Å². The van der Waals surface area contributed by atoms with E-state index in [0.29, 0.717) is 11.4 Å². The van der Waals surface area contributed by atoms with Gasteiger partial charge in [0.1, 0.15) is 0 Å². The number of aromatic nitrogens is 1. The van der Waals surface area contributed by atoms with E-state index in [4.69, 9.17) is 0 Å². The van der Waals surface area contributed by atoms with Crippen molar-refractivity contribution in [3.63, 3.8) is 0 Å². The quantitative estimate of drug-likeness (QED) is 0.876. The van der Waals surface area contributed by atoms with Crippen LogP contribution in [0.15, 0.2) is 53.7 Å². The summed E-state index contributed by atoms with van der Waals surface area (Å²) in [6, 6.07) is 10.0. The molecule has 0 saturated carbocycles. The SMILES string of the molecule is CS(=O)(=O)c1cccc(NC(=O)CSCc2ccncc2)c1. The Kier molecular flexibility index (Phi) is 5.57. The molecule has 0 aliphatic heterocycles. The molecular weight excluding hydrogens is 320 g/mol. The van der Waals surface area contributed by atoms with Gasteiger partial charge in [-0.2, -0.15) is 0 Å². The molecule has 22 heavy (non-hydrogen) atoms. The number of hydrogen-bond donors (Lipinski definition) is 1. The third-order valence-corrected chi connectivity index (χ3v) is 4.91. The fraction of sp³-hybridized carbons (Fsp3) is 0.200. The van der Waals surface area contributed by atoms with Crippen LogP contribution in [0.5, 0.6) is 0 Å². The van der Waals surface area contributed by atoms with Gasteiger partial charge in [0, 0.05) is 30.1 Å². The molecule has 0 aliphatic rings. The van der Waals surface area contributed by atoms with Crippen molar-refractivity contribution in [3.8, 4) is 0 Å². The van der Waals surface area contributed by atoms with Crippen molar-refractivity contribution in [2.45, 2.75) is 10.6 Å². The van der Waals surface area contributed by atoms with Crippen LogP contribution in [0.2, 0.25) is 0 Å². The highest BCUT2D eigenvalue weighted by Gasteiger charge is 2.09. The fourth-order valence-electron chi connectivity index (χ4n) is 1.74. The molecule has 1 aromatic carbocycles. The molecule has 0 unspecified atom stereocenters. The van der Waals surface area contributed by atoms with Gasteiger partial charge in [0.15, 0.2) is 9.84 Å². The molecule has 1 aromatic heterocycles. The molecule has 2 rings (SSSR count). The average Bonchev–Trinajstić information content (AvgIpc) is 2.48. The van der Waals surface area contributed by atoms with Gasteiger partial charge < -0.3 is 5.32 Å². The smallest absolute Gasteiger partial charge is 0.234 e. The van der Waals surface area contributed by atoms with Crippen molar-refractivity contribution < 1.29 is 13.2 Å². The third kappa shape index (κ3) is 5.16. The molecule has 7 heteroatoms. The van der Waals surface area contributed by atoms with Crippen molar-refractivity contribution in [2.75, 3.05) is 17.3 Å². The summed E-state index contributed by atoms with van der Waals surface area (Å²) in [4.78, 5) is 16.0. The van der Waals surface area contributed by atoms with Gasteiger partial charge in [-0.3, -0.25) is 9.78 Å². The number of nitrogens with one attached hydrogen (secondary N) is 1.